The highest BCUT2D eigenvalue weighted by atomic mass is 16.3. The van der Waals surface area contributed by atoms with E-state index in [-0.39, 0.29) is 5.91 Å². The SMILES string of the molecule is CCC(CC)NC(=O)CN1CCCC(C)(O)CC1. The predicted octanol–water partition coefficient (Wildman–Crippen LogP) is 1.53. The molecule has 1 saturated heterocycles. The number of carbonyl (C=O) groups excluding carboxylic acids is 1. The summed E-state index contributed by atoms with van der Waals surface area (Å²) in [5, 5.41) is 13.1. The molecule has 0 aliphatic carbocycles. The number of carbonyl (C=O) groups is 1. The topological polar surface area (TPSA) is 52.6 Å². The van der Waals surface area contributed by atoms with E-state index < -0.39 is 5.60 Å². The van der Waals surface area contributed by atoms with Crippen LogP contribution in [0.3, 0.4) is 0 Å². The van der Waals surface area contributed by atoms with Gasteiger partial charge in [-0.3, -0.25) is 9.69 Å². The summed E-state index contributed by atoms with van der Waals surface area (Å²) in [6, 6.07) is 0.299. The van der Waals surface area contributed by atoms with E-state index in [0.717, 1.165) is 45.2 Å². The first-order chi connectivity index (χ1) is 8.46. The van der Waals surface area contributed by atoms with Gasteiger partial charge in [0.15, 0.2) is 0 Å². The number of hydrogen-bond acceptors (Lipinski definition) is 3. The molecule has 1 aliphatic heterocycles. The van der Waals surface area contributed by atoms with E-state index in [1.807, 2.05) is 6.92 Å². The first-order valence-electron chi connectivity index (χ1n) is 7.21. The summed E-state index contributed by atoms with van der Waals surface area (Å²) < 4.78 is 0. The van der Waals surface area contributed by atoms with Crippen molar-refractivity contribution >= 4 is 5.91 Å². The molecule has 1 unspecified atom stereocenters. The van der Waals surface area contributed by atoms with Crippen LogP contribution >= 0.6 is 0 Å². The van der Waals surface area contributed by atoms with Gasteiger partial charge < -0.3 is 10.4 Å². The quantitative estimate of drug-likeness (QED) is 0.784. The molecule has 0 aromatic carbocycles. The third kappa shape index (κ3) is 5.36. The molecule has 18 heavy (non-hydrogen) atoms. The second-order valence-electron chi connectivity index (χ2n) is 5.71. The fourth-order valence-electron chi connectivity index (χ4n) is 2.45. The summed E-state index contributed by atoms with van der Waals surface area (Å²) in [6.45, 7) is 8.26. The van der Waals surface area contributed by atoms with Gasteiger partial charge in [-0.15, -0.1) is 0 Å². The molecule has 1 aliphatic rings. The van der Waals surface area contributed by atoms with Crippen LogP contribution in [-0.4, -0.2) is 47.2 Å². The molecular formula is C14H28N2O2. The van der Waals surface area contributed by atoms with Crippen LogP contribution in [0.5, 0.6) is 0 Å². The van der Waals surface area contributed by atoms with E-state index in [0.29, 0.717) is 12.6 Å². The third-order valence-corrected chi connectivity index (χ3v) is 3.87. The second-order valence-corrected chi connectivity index (χ2v) is 5.71. The Labute approximate surface area is 111 Å². The van der Waals surface area contributed by atoms with Crippen LogP contribution in [0, 0.1) is 0 Å². The zero-order valence-electron chi connectivity index (χ0n) is 12.0. The minimum atomic E-state index is -0.555. The fraction of sp³-hybridized carbons (Fsp3) is 0.929. The van der Waals surface area contributed by atoms with Crippen molar-refractivity contribution in [1.29, 1.82) is 0 Å². The zero-order chi connectivity index (χ0) is 13.6. The van der Waals surface area contributed by atoms with E-state index in [1.54, 1.807) is 0 Å². The summed E-state index contributed by atoms with van der Waals surface area (Å²) in [4.78, 5) is 14.0. The molecule has 0 spiro atoms. The lowest BCUT2D eigenvalue weighted by molar-refractivity contribution is -0.123. The zero-order valence-corrected chi connectivity index (χ0v) is 12.0. The molecule has 4 heteroatoms. The summed E-state index contributed by atoms with van der Waals surface area (Å²) >= 11 is 0. The van der Waals surface area contributed by atoms with Crippen LogP contribution in [0.25, 0.3) is 0 Å². The lowest BCUT2D eigenvalue weighted by Crippen LogP contribution is -2.42. The number of nitrogens with zero attached hydrogens (tertiary/aromatic N) is 1. The Morgan fingerprint density at radius 2 is 2.00 bits per heavy atom. The normalized spacial score (nSPS) is 26.1. The summed E-state index contributed by atoms with van der Waals surface area (Å²) in [7, 11) is 0. The lowest BCUT2D eigenvalue weighted by Gasteiger charge is -2.23. The van der Waals surface area contributed by atoms with Gasteiger partial charge in [-0.1, -0.05) is 13.8 Å². The van der Waals surface area contributed by atoms with Crippen LogP contribution in [0.15, 0.2) is 0 Å². The minimum absolute atomic E-state index is 0.116. The monoisotopic (exact) mass is 256 g/mol. The third-order valence-electron chi connectivity index (χ3n) is 3.87. The molecule has 1 atom stereocenters. The van der Waals surface area contributed by atoms with Crippen molar-refractivity contribution in [2.75, 3.05) is 19.6 Å². The second kappa shape index (κ2) is 7.10. The van der Waals surface area contributed by atoms with Crippen molar-refractivity contribution in [2.45, 2.75) is 64.5 Å². The Morgan fingerprint density at radius 3 is 2.61 bits per heavy atom. The highest BCUT2D eigenvalue weighted by molar-refractivity contribution is 5.78. The molecule has 1 fully saturated rings. The molecule has 1 rings (SSSR count). The molecule has 4 nitrogen and oxygen atoms in total. The maximum atomic E-state index is 11.9. The van der Waals surface area contributed by atoms with Crippen molar-refractivity contribution in [1.82, 2.24) is 10.2 Å². The minimum Gasteiger partial charge on any atom is -0.390 e. The van der Waals surface area contributed by atoms with E-state index in [2.05, 4.69) is 24.1 Å². The van der Waals surface area contributed by atoms with E-state index in [9.17, 15) is 9.90 Å². The summed E-state index contributed by atoms with van der Waals surface area (Å²) in [6.07, 6.45) is 4.52. The number of amides is 1. The largest absolute Gasteiger partial charge is 0.390 e. The molecule has 1 amide bonds. The van der Waals surface area contributed by atoms with Gasteiger partial charge in [-0.2, -0.15) is 0 Å². The van der Waals surface area contributed by atoms with Crippen LogP contribution in [-0.2, 0) is 4.79 Å². The van der Waals surface area contributed by atoms with Gasteiger partial charge in [-0.05, 0) is 45.6 Å². The van der Waals surface area contributed by atoms with Crippen molar-refractivity contribution in [2.24, 2.45) is 0 Å². The van der Waals surface area contributed by atoms with Gasteiger partial charge in [0.05, 0.1) is 12.1 Å². The van der Waals surface area contributed by atoms with Gasteiger partial charge in [0, 0.05) is 12.6 Å². The first-order valence-corrected chi connectivity index (χ1v) is 7.21. The molecule has 106 valence electrons. The van der Waals surface area contributed by atoms with Crippen molar-refractivity contribution in [3.8, 4) is 0 Å². The molecule has 2 N–H and O–H groups in total. The average molecular weight is 256 g/mol. The number of rotatable bonds is 5. The number of nitrogens with one attached hydrogen (secondary N) is 1. The van der Waals surface area contributed by atoms with Gasteiger partial charge in [0.25, 0.3) is 0 Å². The van der Waals surface area contributed by atoms with E-state index >= 15 is 0 Å². The van der Waals surface area contributed by atoms with Crippen LogP contribution in [0.4, 0.5) is 0 Å². The number of hydrogen-bond donors (Lipinski definition) is 2. The van der Waals surface area contributed by atoms with Gasteiger partial charge >= 0.3 is 0 Å². The Kier molecular flexibility index (Phi) is 6.09. The van der Waals surface area contributed by atoms with Crippen LogP contribution in [0.1, 0.15) is 52.9 Å². The fourth-order valence-corrected chi connectivity index (χ4v) is 2.45. The highest BCUT2D eigenvalue weighted by Gasteiger charge is 2.25. The van der Waals surface area contributed by atoms with Crippen molar-refractivity contribution in [3.63, 3.8) is 0 Å². The molecule has 0 saturated carbocycles. The summed E-state index contributed by atoms with van der Waals surface area (Å²) in [5.41, 5.74) is -0.555. The van der Waals surface area contributed by atoms with Crippen LogP contribution < -0.4 is 5.32 Å². The van der Waals surface area contributed by atoms with E-state index in [4.69, 9.17) is 0 Å². The molecule has 0 aromatic rings. The Bertz CT molecular complexity index is 263. The Hall–Kier alpha value is -0.610. The maximum Gasteiger partial charge on any atom is 0.234 e. The maximum absolute atomic E-state index is 11.9. The van der Waals surface area contributed by atoms with Gasteiger partial charge in [-0.25, -0.2) is 0 Å². The Morgan fingerprint density at radius 1 is 1.33 bits per heavy atom. The number of likely N-dealkylation sites (tertiary alicyclic amines) is 1. The molecule has 0 aromatic heterocycles. The standard InChI is InChI=1S/C14H28N2O2/c1-4-12(5-2)15-13(17)11-16-9-6-7-14(3,18)8-10-16/h12,18H,4-11H2,1-3H3,(H,15,17). The Balaban J connectivity index is 2.35. The molecule has 1 heterocycles. The van der Waals surface area contributed by atoms with Gasteiger partial charge in [0.2, 0.25) is 5.91 Å². The first kappa shape index (κ1) is 15.4. The highest BCUT2D eigenvalue weighted by Crippen LogP contribution is 2.21. The molecule has 0 bridgehead atoms. The predicted molar refractivity (Wildman–Crippen MR) is 73.4 cm³/mol. The molecular weight excluding hydrogens is 228 g/mol. The lowest BCUT2D eigenvalue weighted by atomic mass is 9.98. The summed E-state index contributed by atoms with van der Waals surface area (Å²) in [5.74, 6) is 0.116. The van der Waals surface area contributed by atoms with Crippen molar-refractivity contribution in [3.05, 3.63) is 0 Å². The smallest absolute Gasteiger partial charge is 0.234 e. The van der Waals surface area contributed by atoms with E-state index in [1.165, 1.54) is 0 Å². The molecule has 0 radical (unpaired) electrons. The van der Waals surface area contributed by atoms with Gasteiger partial charge in [0.1, 0.15) is 0 Å². The number of aliphatic hydroxyl groups is 1. The average Bonchev–Trinajstić information content (AvgIpc) is 2.48. The van der Waals surface area contributed by atoms with Crippen LogP contribution in [0.2, 0.25) is 0 Å². The van der Waals surface area contributed by atoms with Crippen molar-refractivity contribution < 1.29 is 9.90 Å².